The Morgan fingerprint density at radius 1 is 1.63 bits per heavy atom. The van der Waals surface area contributed by atoms with Crippen LogP contribution in [-0.2, 0) is 16.9 Å². The van der Waals surface area contributed by atoms with E-state index in [9.17, 15) is 9.35 Å². The van der Waals surface area contributed by atoms with Crippen LogP contribution in [0.2, 0.25) is 0 Å². The van der Waals surface area contributed by atoms with Crippen molar-refractivity contribution >= 4 is 23.0 Å². The van der Waals surface area contributed by atoms with E-state index in [0.29, 0.717) is 24.5 Å². The van der Waals surface area contributed by atoms with Gasteiger partial charge in [0.15, 0.2) is 0 Å². The lowest BCUT2D eigenvalue weighted by atomic mass is 9.94. The summed E-state index contributed by atoms with van der Waals surface area (Å²) >= 11 is -0.938. The van der Waals surface area contributed by atoms with Gasteiger partial charge in [-0.25, -0.2) is 4.79 Å². The van der Waals surface area contributed by atoms with E-state index in [1.165, 1.54) is 4.90 Å². The number of nitrogens with two attached hydrogens (primary N) is 1. The summed E-state index contributed by atoms with van der Waals surface area (Å²) in [5.41, 5.74) is 8.47. The molecule has 2 atom stereocenters. The average Bonchev–Trinajstić information content (AvgIpc) is 2.77. The Hall–Kier alpha value is -1.40. The molecule has 2 rings (SSSR count). The third-order valence-corrected chi connectivity index (χ3v) is 4.14. The molecule has 1 amide bonds. The normalized spacial score (nSPS) is 20.5. The molecular weight excluding hydrogens is 264 g/mol. The van der Waals surface area contributed by atoms with Crippen molar-refractivity contribution in [2.45, 2.75) is 18.1 Å². The summed E-state index contributed by atoms with van der Waals surface area (Å²) in [5.74, 6) is 0.638. The first-order chi connectivity index (χ1) is 8.97. The quantitative estimate of drug-likeness (QED) is 0.651. The van der Waals surface area contributed by atoms with Gasteiger partial charge in [0.05, 0.1) is 6.26 Å². The Morgan fingerprint density at radius 2 is 2.37 bits per heavy atom. The first-order valence-electron chi connectivity index (χ1n) is 6.13. The van der Waals surface area contributed by atoms with Crippen LogP contribution in [-0.4, -0.2) is 40.0 Å². The number of carboxylic acid groups (broad SMARTS) is 1. The van der Waals surface area contributed by atoms with Gasteiger partial charge in [0.2, 0.25) is 0 Å². The average molecular weight is 282 g/mol. The van der Waals surface area contributed by atoms with Crippen LogP contribution in [0.1, 0.15) is 23.5 Å². The number of nitrogen functional groups attached to an aromatic ring is 1. The van der Waals surface area contributed by atoms with Crippen molar-refractivity contribution in [3.63, 3.8) is 0 Å². The Balaban J connectivity index is 2.22. The lowest BCUT2D eigenvalue weighted by molar-refractivity contribution is 0.155. The summed E-state index contributed by atoms with van der Waals surface area (Å²) in [5, 5.41) is 8.99. The molecule has 3 N–H and O–H groups in total. The van der Waals surface area contributed by atoms with E-state index in [1.54, 1.807) is 6.26 Å². The van der Waals surface area contributed by atoms with Crippen molar-refractivity contribution in [2.75, 3.05) is 25.1 Å². The van der Waals surface area contributed by atoms with E-state index in [1.807, 2.05) is 18.2 Å². The van der Waals surface area contributed by atoms with Gasteiger partial charge >= 0.3 is 6.09 Å². The van der Waals surface area contributed by atoms with Gasteiger partial charge < -0.3 is 20.3 Å². The molecule has 6 heteroatoms. The molecule has 5 nitrogen and oxygen atoms in total. The second kappa shape index (κ2) is 5.71. The molecule has 1 aliphatic heterocycles. The van der Waals surface area contributed by atoms with Gasteiger partial charge in [0.25, 0.3) is 0 Å². The summed E-state index contributed by atoms with van der Waals surface area (Å²) in [4.78, 5) is 12.4. The fourth-order valence-electron chi connectivity index (χ4n) is 2.56. The minimum Gasteiger partial charge on any atom is -0.616 e. The largest absolute Gasteiger partial charge is 0.616 e. The highest BCUT2D eigenvalue weighted by molar-refractivity contribution is 7.89. The lowest BCUT2D eigenvalue weighted by Crippen LogP contribution is -2.26. The van der Waals surface area contributed by atoms with Gasteiger partial charge in [-0.05, 0) is 24.1 Å². The van der Waals surface area contributed by atoms with Gasteiger partial charge in [-0.2, -0.15) is 0 Å². The zero-order valence-corrected chi connectivity index (χ0v) is 11.7. The van der Waals surface area contributed by atoms with E-state index in [2.05, 4.69) is 0 Å². The molecule has 1 aliphatic rings. The van der Waals surface area contributed by atoms with Crippen LogP contribution >= 0.6 is 0 Å². The number of benzene rings is 1. The molecule has 19 heavy (non-hydrogen) atoms. The van der Waals surface area contributed by atoms with Gasteiger partial charge in [0.1, 0.15) is 5.75 Å². The number of hydrogen-bond acceptors (Lipinski definition) is 3. The maximum atomic E-state index is 11.4. The van der Waals surface area contributed by atoms with Crippen LogP contribution < -0.4 is 5.73 Å². The first-order valence-corrected chi connectivity index (χ1v) is 7.86. The Labute approximate surface area is 115 Å². The van der Waals surface area contributed by atoms with Crippen LogP contribution in [0.5, 0.6) is 0 Å². The molecular formula is C13H18N2O3S. The number of carbonyl (C=O) groups is 1. The van der Waals surface area contributed by atoms with Gasteiger partial charge in [-0.1, -0.05) is 17.2 Å². The predicted octanol–water partition coefficient (Wildman–Crippen LogP) is 1.61. The first kappa shape index (κ1) is 14.0. The number of nitrogens with zero attached hydrogens (tertiary/aromatic N) is 1. The third-order valence-electron chi connectivity index (χ3n) is 3.42. The van der Waals surface area contributed by atoms with Crippen LogP contribution in [0, 0.1) is 0 Å². The number of rotatable bonds is 3. The van der Waals surface area contributed by atoms with E-state index in [4.69, 9.17) is 10.8 Å². The maximum Gasteiger partial charge on any atom is 0.407 e. The molecule has 104 valence electrons. The fraction of sp³-hybridized carbons (Fsp3) is 0.462. The SMILES string of the molecule is C[S+]([O-])Cc1cc(N)ccc1C1CCN(C(=O)O)C1. The number of anilines is 1. The third kappa shape index (κ3) is 3.33. The molecule has 1 fully saturated rings. The van der Waals surface area contributed by atoms with E-state index in [0.717, 1.165) is 17.5 Å². The molecule has 0 spiro atoms. The summed E-state index contributed by atoms with van der Waals surface area (Å²) in [6.45, 7) is 1.06. The highest BCUT2D eigenvalue weighted by Crippen LogP contribution is 2.31. The van der Waals surface area contributed by atoms with Crippen molar-refractivity contribution in [3.05, 3.63) is 29.3 Å². The molecule has 1 saturated heterocycles. The van der Waals surface area contributed by atoms with Crippen molar-refractivity contribution in [3.8, 4) is 0 Å². The summed E-state index contributed by atoms with van der Waals surface area (Å²) in [6, 6.07) is 5.61. The van der Waals surface area contributed by atoms with E-state index in [-0.39, 0.29) is 5.92 Å². The van der Waals surface area contributed by atoms with Crippen molar-refractivity contribution in [1.82, 2.24) is 4.90 Å². The fourth-order valence-corrected chi connectivity index (χ4v) is 3.24. The topological polar surface area (TPSA) is 89.6 Å². The number of hydrogen-bond donors (Lipinski definition) is 2. The van der Waals surface area contributed by atoms with Crippen LogP contribution in [0.4, 0.5) is 10.5 Å². The van der Waals surface area contributed by atoms with Gasteiger partial charge in [-0.15, -0.1) is 0 Å². The Bertz CT molecular complexity index is 479. The smallest absolute Gasteiger partial charge is 0.407 e. The molecule has 0 bridgehead atoms. The molecule has 0 saturated carbocycles. The van der Waals surface area contributed by atoms with Gasteiger partial charge in [-0.3, -0.25) is 0 Å². The van der Waals surface area contributed by atoms with Crippen molar-refractivity contribution in [2.24, 2.45) is 0 Å². The summed E-state index contributed by atoms with van der Waals surface area (Å²) in [6.07, 6.45) is 1.59. The minimum absolute atomic E-state index is 0.176. The maximum absolute atomic E-state index is 11.4. The predicted molar refractivity (Wildman–Crippen MR) is 75.6 cm³/mol. The molecule has 1 aromatic carbocycles. The zero-order chi connectivity index (χ0) is 14.0. The number of likely N-dealkylation sites (tertiary alicyclic amines) is 1. The van der Waals surface area contributed by atoms with Crippen molar-refractivity contribution < 1.29 is 14.5 Å². The molecule has 0 radical (unpaired) electrons. The minimum atomic E-state index is -0.938. The Morgan fingerprint density at radius 3 is 2.95 bits per heavy atom. The van der Waals surface area contributed by atoms with Crippen LogP contribution in [0.15, 0.2) is 18.2 Å². The standard InChI is InChI=1S/C13H18N2O3S/c1-19(18)8-10-6-11(14)2-3-12(10)9-4-5-15(7-9)13(16)17/h2-3,6,9H,4-5,7-8,14H2,1H3,(H,16,17). The van der Waals surface area contributed by atoms with Crippen molar-refractivity contribution in [1.29, 1.82) is 0 Å². The zero-order valence-electron chi connectivity index (χ0n) is 10.8. The van der Waals surface area contributed by atoms with Crippen LogP contribution in [0.25, 0.3) is 0 Å². The van der Waals surface area contributed by atoms with E-state index >= 15 is 0 Å². The molecule has 1 aromatic rings. The highest BCUT2D eigenvalue weighted by Gasteiger charge is 2.28. The second-order valence-electron chi connectivity index (χ2n) is 4.89. The second-order valence-corrected chi connectivity index (χ2v) is 6.33. The number of amides is 1. The monoisotopic (exact) mass is 282 g/mol. The molecule has 0 aromatic heterocycles. The molecule has 1 heterocycles. The molecule has 2 unspecified atom stereocenters. The summed E-state index contributed by atoms with van der Waals surface area (Å²) < 4.78 is 11.4. The van der Waals surface area contributed by atoms with E-state index < -0.39 is 17.3 Å². The summed E-state index contributed by atoms with van der Waals surface area (Å²) in [7, 11) is 0. The molecule has 0 aliphatic carbocycles. The van der Waals surface area contributed by atoms with Gasteiger partial charge in [0, 0.05) is 30.3 Å². The lowest BCUT2D eigenvalue weighted by Gasteiger charge is -2.17. The highest BCUT2D eigenvalue weighted by atomic mass is 32.2. The Kier molecular flexibility index (Phi) is 4.21. The van der Waals surface area contributed by atoms with Crippen LogP contribution in [0.3, 0.4) is 0 Å².